The van der Waals surface area contributed by atoms with E-state index in [9.17, 15) is 0 Å². The molecule has 0 amide bonds. The second-order valence-corrected chi connectivity index (χ2v) is 15.4. The molecular formula is C24H31N5O2Si. The summed E-state index contributed by atoms with van der Waals surface area (Å²) >= 11 is 0. The van der Waals surface area contributed by atoms with Crippen LogP contribution in [0.2, 0.25) is 25.7 Å². The predicted octanol–water partition coefficient (Wildman–Crippen LogP) is 4.51. The molecule has 1 aliphatic carbocycles. The third-order valence-corrected chi connectivity index (χ3v) is 8.03. The van der Waals surface area contributed by atoms with Crippen molar-refractivity contribution < 1.29 is 9.47 Å². The number of imidazole rings is 1. The number of ether oxygens (including phenoxy) is 2. The van der Waals surface area contributed by atoms with E-state index < -0.39 is 8.07 Å². The van der Waals surface area contributed by atoms with Crippen molar-refractivity contribution in [3.05, 3.63) is 59.5 Å². The number of hydrogen-bond acceptors (Lipinski definition) is 5. The summed E-state index contributed by atoms with van der Waals surface area (Å²) in [7, 11) is 2.74. The van der Waals surface area contributed by atoms with Crippen LogP contribution in [0, 0.1) is 0 Å². The lowest BCUT2D eigenvalue weighted by Gasteiger charge is -2.19. The zero-order chi connectivity index (χ0) is 22.5. The fourth-order valence-electron chi connectivity index (χ4n) is 4.49. The minimum Gasteiger partial charge on any atom is -0.501 e. The van der Waals surface area contributed by atoms with Crippen LogP contribution in [0.1, 0.15) is 12.1 Å². The first-order valence-electron chi connectivity index (χ1n) is 11.1. The molecule has 0 saturated heterocycles. The molecule has 2 aliphatic rings. The van der Waals surface area contributed by atoms with Gasteiger partial charge in [0.25, 0.3) is 0 Å². The molecule has 0 atom stereocenters. The van der Waals surface area contributed by atoms with E-state index in [1.165, 1.54) is 16.8 Å². The summed E-state index contributed by atoms with van der Waals surface area (Å²) in [6.07, 6.45) is 10.7. The Morgan fingerprint density at radius 2 is 1.97 bits per heavy atom. The van der Waals surface area contributed by atoms with E-state index in [1.807, 2.05) is 18.6 Å². The number of aromatic nitrogens is 4. The Bertz CT molecular complexity index is 1270. The van der Waals surface area contributed by atoms with Crippen molar-refractivity contribution in [2.45, 2.75) is 38.8 Å². The van der Waals surface area contributed by atoms with E-state index in [2.05, 4.69) is 63.8 Å². The molecule has 32 heavy (non-hydrogen) atoms. The summed E-state index contributed by atoms with van der Waals surface area (Å²) in [5.41, 5.74) is 7.87. The van der Waals surface area contributed by atoms with Crippen LogP contribution in [0.25, 0.3) is 22.4 Å². The van der Waals surface area contributed by atoms with Crippen molar-refractivity contribution in [3.63, 3.8) is 0 Å². The second kappa shape index (κ2) is 7.93. The summed E-state index contributed by atoms with van der Waals surface area (Å²) < 4.78 is 16.1. The van der Waals surface area contributed by atoms with Crippen LogP contribution in [0.4, 0.5) is 0 Å². The van der Waals surface area contributed by atoms with E-state index in [0.29, 0.717) is 6.73 Å². The smallest absolute Gasteiger partial charge is 0.159 e. The van der Waals surface area contributed by atoms with Gasteiger partial charge in [-0.2, -0.15) is 0 Å². The number of hydrogen-bond donors (Lipinski definition) is 0. The van der Waals surface area contributed by atoms with Gasteiger partial charge in [0.1, 0.15) is 12.5 Å². The molecule has 0 radical (unpaired) electrons. The molecule has 4 heterocycles. The molecule has 0 fully saturated rings. The number of fused-ring (bicyclic) bond motifs is 4. The second-order valence-electron chi connectivity index (χ2n) is 9.81. The maximum absolute atomic E-state index is 6.21. The van der Waals surface area contributed by atoms with Gasteiger partial charge in [-0.25, -0.2) is 9.97 Å². The minimum atomic E-state index is -1.15. The molecule has 1 aliphatic heterocycles. The van der Waals surface area contributed by atoms with E-state index in [1.54, 1.807) is 7.11 Å². The highest BCUT2D eigenvalue weighted by molar-refractivity contribution is 6.76. The van der Waals surface area contributed by atoms with Gasteiger partial charge >= 0.3 is 0 Å². The lowest BCUT2D eigenvalue weighted by Crippen LogP contribution is -2.22. The van der Waals surface area contributed by atoms with Crippen LogP contribution >= 0.6 is 0 Å². The Labute approximate surface area is 189 Å². The van der Waals surface area contributed by atoms with Crippen LogP contribution in [-0.4, -0.2) is 59.2 Å². The van der Waals surface area contributed by atoms with Crippen LogP contribution in [0.15, 0.2) is 53.8 Å². The first kappa shape index (κ1) is 21.0. The van der Waals surface area contributed by atoms with Crippen LogP contribution in [0.5, 0.6) is 0 Å². The van der Waals surface area contributed by atoms with E-state index in [0.717, 1.165) is 53.9 Å². The lowest BCUT2D eigenvalue weighted by molar-refractivity contribution is 0.0893. The highest BCUT2D eigenvalue weighted by atomic mass is 28.3. The highest BCUT2D eigenvalue weighted by Gasteiger charge is 2.30. The van der Waals surface area contributed by atoms with Gasteiger partial charge in [0.05, 0.1) is 24.5 Å². The lowest BCUT2D eigenvalue weighted by atomic mass is 9.98. The molecule has 0 spiro atoms. The van der Waals surface area contributed by atoms with Crippen LogP contribution < -0.4 is 0 Å². The quantitative estimate of drug-likeness (QED) is 0.392. The van der Waals surface area contributed by atoms with Crippen LogP contribution in [0.3, 0.4) is 0 Å². The van der Waals surface area contributed by atoms with E-state index in [4.69, 9.17) is 14.5 Å². The van der Waals surface area contributed by atoms with Gasteiger partial charge in [0.2, 0.25) is 0 Å². The first-order chi connectivity index (χ1) is 15.4. The third kappa shape index (κ3) is 3.67. The zero-order valence-corrected chi connectivity index (χ0v) is 20.6. The number of methoxy groups -OCH3 is 1. The normalized spacial score (nSPS) is 16.7. The van der Waals surface area contributed by atoms with Gasteiger partial charge in [-0.3, -0.25) is 4.40 Å². The number of allylic oxidation sites excluding steroid dienone is 4. The molecular weight excluding hydrogens is 418 g/mol. The van der Waals surface area contributed by atoms with Crippen molar-refractivity contribution in [2.75, 3.05) is 27.3 Å². The number of rotatable bonds is 7. The fraction of sp³-hybridized carbons (Fsp3) is 0.417. The molecule has 3 aromatic heterocycles. The minimum absolute atomic E-state index is 0.489. The summed E-state index contributed by atoms with van der Waals surface area (Å²) in [6, 6.07) is 3.38. The molecule has 8 heteroatoms. The standard InChI is InChI=1S/C24H31N5O2Si/c1-27-15-19(18-12-17(30-2)6-7-20(18)27)21-13-22-24(26-14-23-25-8-9-28(22)23)29(21)16-31-10-11-32(3,4)5/h6-9,13-14H,10-12,15-16H2,1-5H3. The molecule has 0 N–H and O–H groups in total. The zero-order valence-electron chi connectivity index (χ0n) is 19.6. The van der Waals surface area contributed by atoms with Crippen molar-refractivity contribution in [2.24, 2.45) is 0 Å². The fourth-order valence-corrected chi connectivity index (χ4v) is 5.25. The van der Waals surface area contributed by atoms with E-state index in [-0.39, 0.29) is 0 Å². The van der Waals surface area contributed by atoms with E-state index >= 15 is 0 Å². The molecule has 0 bridgehead atoms. The van der Waals surface area contributed by atoms with Crippen molar-refractivity contribution >= 4 is 30.5 Å². The van der Waals surface area contributed by atoms with Gasteiger partial charge in [0.15, 0.2) is 11.3 Å². The van der Waals surface area contributed by atoms with Crippen molar-refractivity contribution in [1.82, 2.24) is 23.8 Å². The van der Waals surface area contributed by atoms with Gasteiger partial charge < -0.3 is 18.9 Å². The van der Waals surface area contributed by atoms with Gasteiger partial charge in [-0.15, -0.1) is 0 Å². The Balaban J connectivity index is 1.60. The third-order valence-electron chi connectivity index (χ3n) is 6.33. The molecule has 0 saturated carbocycles. The Morgan fingerprint density at radius 3 is 2.75 bits per heavy atom. The number of likely N-dealkylation sites (N-methyl/N-ethyl adjacent to an activating group) is 1. The largest absolute Gasteiger partial charge is 0.501 e. The summed E-state index contributed by atoms with van der Waals surface area (Å²) in [5, 5.41) is 0. The van der Waals surface area contributed by atoms with Gasteiger partial charge in [-0.05, 0) is 29.8 Å². The Hall–Kier alpha value is -2.84. The molecule has 3 aromatic rings. The van der Waals surface area contributed by atoms with Gasteiger partial charge in [0, 0.05) is 58.4 Å². The highest BCUT2D eigenvalue weighted by Crippen LogP contribution is 2.40. The molecule has 5 rings (SSSR count). The number of nitrogens with zero attached hydrogens (tertiary/aromatic N) is 5. The molecule has 0 aromatic carbocycles. The van der Waals surface area contributed by atoms with Gasteiger partial charge in [-0.1, -0.05) is 19.6 Å². The summed E-state index contributed by atoms with van der Waals surface area (Å²) in [4.78, 5) is 11.5. The molecule has 7 nitrogen and oxygen atoms in total. The molecule has 0 unspecified atom stereocenters. The SMILES string of the molecule is COC1=CC=C2C(=C(c3cc4c(ncc5nccn54)n3COCC[Si](C)(C)C)CN2C)C1. The summed E-state index contributed by atoms with van der Waals surface area (Å²) in [6.45, 7) is 9.25. The van der Waals surface area contributed by atoms with Crippen LogP contribution in [-0.2, 0) is 16.2 Å². The summed E-state index contributed by atoms with van der Waals surface area (Å²) in [5.74, 6) is 0.987. The maximum Gasteiger partial charge on any atom is 0.159 e. The average Bonchev–Trinajstić information content (AvgIpc) is 3.45. The topological polar surface area (TPSA) is 56.8 Å². The maximum atomic E-state index is 6.21. The average molecular weight is 450 g/mol. The Kier molecular flexibility index (Phi) is 5.21. The predicted molar refractivity (Wildman–Crippen MR) is 130 cm³/mol. The monoisotopic (exact) mass is 449 g/mol. The Morgan fingerprint density at radius 1 is 1.12 bits per heavy atom. The first-order valence-corrected chi connectivity index (χ1v) is 14.8. The van der Waals surface area contributed by atoms with Crippen molar-refractivity contribution in [3.8, 4) is 0 Å². The van der Waals surface area contributed by atoms with Crippen molar-refractivity contribution in [1.29, 1.82) is 0 Å². The molecule has 168 valence electrons.